The summed E-state index contributed by atoms with van der Waals surface area (Å²) in [6.45, 7) is -1.07. The summed E-state index contributed by atoms with van der Waals surface area (Å²) >= 11 is 0. The topological polar surface area (TPSA) is 58.9 Å². The molecule has 0 amide bonds. The summed E-state index contributed by atoms with van der Waals surface area (Å²) in [5.41, 5.74) is 0.662. The Labute approximate surface area is 245 Å². The molecule has 0 radical (unpaired) electrons. The molecule has 0 bridgehead atoms. The van der Waals surface area contributed by atoms with E-state index in [0.717, 1.165) is 12.1 Å². The lowest BCUT2D eigenvalue weighted by Crippen LogP contribution is -2.74. The van der Waals surface area contributed by atoms with E-state index in [0.29, 0.717) is 11.3 Å². The Kier molecular flexibility index (Phi) is 10.4. The van der Waals surface area contributed by atoms with Gasteiger partial charge in [0.2, 0.25) is 0 Å². The molecule has 0 aromatic heterocycles. The maximum atomic E-state index is 14.0. The number of aromatic carboxylic acids is 1. The minimum absolute atomic E-state index is 0.0213. The fourth-order valence-electron chi connectivity index (χ4n) is 3.33. The monoisotopic (exact) mass is 701 g/mol. The van der Waals surface area contributed by atoms with Gasteiger partial charge in [0.05, 0.1) is 17.9 Å². The number of rotatable bonds is 14. The maximum Gasteiger partial charge on any atom is 0.460 e. The van der Waals surface area contributed by atoms with Crippen LogP contribution in [0.1, 0.15) is 28.8 Å². The molecule has 2 aromatic carbocycles. The van der Waals surface area contributed by atoms with E-state index in [-0.39, 0.29) is 11.3 Å². The second-order valence-corrected chi connectivity index (χ2v) is 9.28. The smallest absolute Gasteiger partial charge is 0.460 e. The molecule has 1 N–H and O–H groups in total. The van der Waals surface area contributed by atoms with Crippen LogP contribution in [0.15, 0.2) is 53.5 Å². The highest BCUT2D eigenvalue weighted by Gasteiger charge is 2.95. The fraction of sp³-hybridized carbons (Fsp3) is 0.440. The molecule has 0 aliphatic rings. The molecule has 0 spiro atoms. The van der Waals surface area contributed by atoms with E-state index < -0.39 is 73.1 Å². The molecule has 2 aromatic rings. The molecular weight excluding hydrogens is 685 g/mol. The van der Waals surface area contributed by atoms with Crippen LogP contribution in [0, 0.1) is 0 Å². The number of carbonyl (C=O) groups is 1. The predicted octanol–water partition coefficient (Wildman–Crippen LogP) is 9.30. The zero-order chi connectivity index (χ0) is 35.8. The molecule has 0 saturated carbocycles. The number of carboxylic acid groups (broad SMARTS) is 1. The number of carboxylic acids is 1. The first-order chi connectivity index (χ1) is 20.6. The van der Waals surface area contributed by atoms with Gasteiger partial charge < -0.3 is 9.84 Å². The second-order valence-electron chi connectivity index (χ2n) is 9.28. The number of aliphatic imine (C=N–C) groups is 1. The van der Waals surface area contributed by atoms with Gasteiger partial charge in [-0.05, 0) is 60.5 Å². The lowest BCUT2D eigenvalue weighted by atomic mass is 9.88. The van der Waals surface area contributed by atoms with Crippen LogP contribution in [0.4, 0.5) is 80.3 Å². The van der Waals surface area contributed by atoms with E-state index in [1.807, 2.05) is 0 Å². The van der Waals surface area contributed by atoms with Crippen LogP contribution in [0.25, 0.3) is 0 Å². The summed E-state index contributed by atoms with van der Waals surface area (Å²) in [5, 5.41) is 8.84. The number of hydrogen-bond acceptors (Lipinski definition) is 3. The highest BCUT2D eigenvalue weighted by Crippen LogP contribution is 2.64. The molecule has 2 rings (SSSR count). The summed E-state index contributed by atoms with van der Waals surface area (Å²) in [4.78, 5) is 14.8. The molecule has 0 unspecified atom stereocenters. The lowest BCUT2D eigenvalue weighted by molar-refractivity contribution is -0.461. The lowest BCUT2D eigenvalue weighted by Gasteiger charge is -2.42. The Balaban J connectivity index is 2.11. The van der Waals surface area contributed by atoms with Gasteiger partial charge in [0.1, 0.15) is 5.75 Å². The third kappa shape index (κ3) is 6.67. The van der Waals surface area contributed by atoms with Crippen LogP contribution >= 0.6 is 0 Å². The average molecular weight is 701 g/mol. The fourth-order valence-corrected chi connectivity index (χ4v) is 3.33. The molecule has 0 atom stereocenters. The summed E-state index contributed by atoms with van der Waals surface area (Å²) < 4.78 is 231. The van der Waals surface area contributed by atoms with Gasteiger partial charge in [0, 0.05) is 12.6 Å². The van der Waals surface area contributed by atoms with E-state index in [2.05, 4.69) is 4.99 Å². The first kappa shape index (κ1) is 38.4. The van der Waals surface area contributed by atoms with Crippen molar-refractivity contribution in [3.63, 3.8) is 0 Å². The summed E-state index contributed by atoms with van der Waals surface area (Å²) in [6, 6.07) is 10.1. The quantitative estimate of drug-likeness (QED) is 0.121. The third-order valence-corrected chi connectivity index (χ3v) is 6.05. The predicted molar refractivity (Wildman–Crippen MR) is 123 cm³/mol. The van der Waals surface area contributed by atoms with Crippen molar-refractivity contribution in [1.29, 1.82) is 0 Å². The van der Waals surface area contributed by atoms with E-state index in [4.69, 9.17) is 9.84 Å². The molecule has 258 valence electrons. The number of alkyl halides is 17. The van der Waals surface area contributed by atoms with Gasteiger partial charge in [0.15, 0.2) is 0 Å². The van der Waals surface area contributed by atoms with Crippen LogP contribution in [-0.4, -0.2) is 71.5 Å². The Bertz CT molecular complexity index is 1390. The first-order valence-electron chi connectivity index (χ1n) is 11.9. The molecule has 4 nitrogen and oxygen atoms in total. The van der Waals surface area contributed by atoms with Gasteiger partial charge in [-0.3, -0.25) is 4.99 Å². The van der Waals surface area contributed by atoms with Crippen molar-refractivity contribution >= 4 is 17.9 Å². The summed E-state index contributed by atoms with van der Waals surface area (Å²) in [7, 11) is 0. The number of hydrogen-bond donors (Lipinski definition) is 1. The van der Waals surface area contributed by atoms with Crippen LogP contribution < -0.4 is 4.74 Å². The van der Waals surface area contributed by atoms with Crippen molar-refractivity contribution in [3.8, 4) is 5.75 Å². The zero-order valence-electron chi connectivity index (χ0n) is 22.0. The highest BCUT2D eigenvalue weighted by molar-refractivity contribution is 5.88. The van der Waals surface area contributed by atoms with Crippen molar-refractivity contribution in [3.05, 3.63) is 59.7 Å². The minimum atomic E-state index is -8.66. The Morgan fingerprint density at radius 1 is 0.630 bits per heavy atom. The van der Waals surface area contributed by atoms with Gasteiger partial charge >= 0.3 is 53.6 Å². The van der Waals surface area contributed by atoms with Crippen LogP contribution in [0.5, 0.6) is 5.75 Å². The normalized spacial score (nSPS) is 14.5. The van der Waals surface area contributed by atoms with Crippen LogP contribution in [0.3, 0.4) is 0 Å². The van der Waals surface area contributed by atoms with Crippen molar-refractivity contribution in [2.45, 2.75) is 60.5 Å². The molecule has 0 fully saturated rings. The van der Waals surface area contributed by atoms with Crippen LogP contribution in [0.2, 0.25) is 0 Å². The Morgan fingerprint density at radius 3 is 1.50 bits per heavy atom. The number of benzene rings is 2. The molecule has 0 aliphatic heterocycles. The number of ether oxygens (including phenoxy) is 1. The van der Waals surface area contributed by atoms with Gasteiger partial charge in [0.25, 0.3) is 0 Å². The van der Waals surface area contributed by atoms with Crippen molar-refractivity contribution in [2.24, 2.45) is 4.99 Å². The van der Waals surface area contributed by atoms with E-state index in [1.165, 1.54) is 42.6 Å². The first-order valence-corrected chi connectivity index (χ1v) is 11.9. The van der Waals surface area contributed by atoms with Gasteiger partial charge in [-0.15, -0.1) is 0 Å². The maximum absolute atomic E-state index is 14.0. The molecule has 0 saturated heterocycles. The van der Waals surface area contributed by atoms with E-state index >= 15 is 0 Å². The van der Waals surface area contributed by atoms with Gasteiger partial charge in [-0.2, -0.15) is 74.6 Å². The molecule has 0 heterocycles. The zero-order valence-corrected chi connectivity index (χ0v) is 22.0. The van der Waals surface area contributed by atoms with E-state index in [1.54, 1.807) is 0 Å². The number of halogens is 17. The van der Waals surface area contributed by atoms with Gasteiger partial charge in [-0.25, -0.2) is 4.79 Å². The van der Waals surface area contributed by atoms with E-state index in [9.17, 15) is 79.4 Å². The summed E-state index contributed by atoms with van der Waals surface area (Å²) in [5.74, 6) is -57.9. The Morgan fingerprint density at radius 2 is 1.07 bits per heavy atom. The van der Waals surface area contributed by atoms with Crippen molar-refractivity contribution in [1.82, 2.24) is 0 Å². The molecule has 0 aliphatic carbocycles. The summed E-state index contributed by atoms with van der Waals surface area (Å²) in [6.07, 6.45) is -10.6. The SMILES string of the molecule is O=C(O)c1ccc(N=Cc2ccc(OCCCC(F)(F)C(F)(F)C(F)(F)C(F)(F)C(F)(F)C(F)(F)C(F)(F)C(F)(F)F)cc2)cc1. The van der Waals surface area contributed by atoms with Crippen LogP contribution in [-0.2, 0) is 0 Å². The highest BCUT2D eigenvalue weighted by atomic mass is 19.4. The minimum Gasteiger partial charge on any atom is -0.494 e. The average Bonchev–Trinajstić information content (AvgIpc) is 2.93. The standard InChI is InChI=1S/C25H16F17NO3/c26-18(27,19(28,29)20(30,31)21(32,33)22(34,35)23(36,37)24(38,39)25(40,41)42)10-1-11-46-16-8-2-13(3-9-16)12-43-15-6-4-14(5-7-15)17(44)45/h2-9,12H,1,10-11H2,(H,44,45). The molecule has 21 heteroatoms. The Hall–Kier alpha value is -3.81. The molecular formula is C25H16F17NO3. The van der Waals surface area contributed by atoms with Gasteiger partial charge in [-0.1, -0.05) is 0 Å². The number of nitrogens with zero attached hydrogens (tertiary/aromatic N) is 1. The van der Waals surface area contributed by atoms with Crippen molar-refractivity contribution < 1.29 is 89.3 Å². The van der Waals surface area contributed by atoms with Crippen molar-refractivity contribution in [2.75, 3.05) is 6.61 Å². The molecule has 46 heavy (non-hydrogen) atoms. The second kappa shape index (κ2) is 12.4. The largest absolute Gasteiger partial charge is 0.494 e. The third-order valence-electron chi connectivity index (χ3n) is 6.05.